The molecule has 1 heterocycles. The zero-order valence-electron chi connectivity index (χ0n) is 12.6. The van der Waals surface area contributed by atoms with E-state index in [1.807, 2.05) is 0 Å². The van der Waals surface area contributed by atoms with Crippen LogP contribution in [0.1, 0.15) is 0 Å². The van der Waals surface area contributed by atoms with Crippen molar-refractivity contribution in [3.63, 3.8) is 0 Å². The third kappa shape index (κ3) is 3.49. The first kappa shape index (κ1) is 15.2. The van der Waals surface area contributed by atoms with Gasteiger partial charge in [0.25, 0.3) is 0 Å². The Morgan fingerprint density at radius 3 is 2.14 bits per heavy atom. The molecule has 1 aromatic carbocycles. The third-order valence-corrected chi connectivity index (χ3v) is 3.32. The first-order valence-electron chi connectivity index (χ1n) is 6.76. The summed E-state index contributed by atoms with van der Waals surface area (Å²) in [4.78, 5) is 14.0. The first-order valence-corrected chi connectivity index (χ1v) is 6.76. The van der Waals surface area contributed by atoms with E-state index in [2.05, 4.69) is 10.6 Å². The minimum absolute atomic E-state index is 0.134. The average molecular weight is 295 g/mol. The minimum Gasteiger partial charge on any atom is -0.493 e. The Balaban J connectivity index is 2.17. The monoisotopic (exact) mass is 295 g/mol. The maximum absolute atomic E-state index is 12.2. The molecule has 1 saturated heterocycles. The molecule has 0 aliphatic carbocycles. The van der Waals surface area contributed by atoms with E-state index < -0.39 is 0 Å². The van der Waals surface area contributed by atoms with Gasteiger partial charge in [0.15, 0.2) is 11.5 Å². The summed E-state index contributed by atoms with van der Waals surface area (Å²) in [6.07, 6.45) is 0. The van der Waals surface area contributed by atoms with Crippen LogP contribution in [0.2, 0.25) is 0 Å². The van der Waals surface area contributed by atoms with Gasteiger partial charge in [-0.2, -0.15) is 0 Å². The molecule has 21 heavy (non-hydrogen) atoms. The Morgan fingerprint density at radius 1 is 1.10 bits per heavy atom. The SMILES string of the molecule is COc1cc(NC(=O)N2CCNCC2)cc(OC)c1OC. The number of amides is 2. The van der Waals surface area contributed by atoms with Crippen molar-refractivity contribution in [2.75, 3.05) is 52.8 Å². The lowest BCUT2D eigenvalue weighted by atomic mass is 10.2. The van der Waals surface area contributed by atoms with Crippen molar-refractivity contribution in [1.82, 2.24) is 10.2 Å². The van der Waals surface area contributed by atoms with Gasteiger partial charge in [0.05, 0.1) is 27.0 Å². The van der Waals surface area contributed by atoms with Gasteiger partial charge in [-0.15, -0.1) is 0 Å². The van der Waals surface area contributed by atoms with Crippen LogP contribution in [0, 0.1) is 0 Å². The third-order valence-electron chi connectivity index (χ3n) is 3.32. The molecule has 0 spiro atoms. The highest BCUT2D eigenvalue weighted by Gasteiger charge is 2.18. The summed E-state index contributed by atoms with van der Waals surface area (Å²) < 4.78 is 15.8. The molecule has 2 N–H and O–H groups in total. The number of benzene rings is 1. The Kier molecular flexibility index (Phi) is 5.10. The van der Waals surface area contributed by atoms with Crippen LogP contribution in [0.25, 0.3) is 0 Å². The summed E-state index contributed by atoms with van der Waals surface area (Å²) in [5.74, 6) is 1.51. The Hall–Kier alpha value is -2.15. The number of carbonyl (C=O) groups is 1. The van der Waals surface area contributed by atoms with E-state index in [0.717, 1.165) is 13.1 Å². The molecule has 7 nitrogen and oxygen atoms in total. The van der Waals surface area contributed by atoms with Crippen LogP contribution < -0.4 is 24.8 Å². The van der Waals surface area contributed by atoms with E-state index in [-0.39, 0.29) is 6.03 Å². The van der Waals surface area contributed by atoms with Crippen molar-refractivity contribution in [2.24, 2.45) is 0 Å². The Bertz CT molecular complexity index is 476. The van der Waals surface area contributed by atoms with Crippen molar-refractivity contribution in [3.05, 3.63) is 12.1 Å². The van der Waals surface area contributed by atoms with Gasteiger partial charge in [0, 0.05) is 38.3 Å². The molecular weight excluding hydrogens is 274 g/mol. The molecule has 7 heteroatoms. The zero-order valence-corrected chi connectivity index (χ0v) is 12.6. The number of urea groups is 1. The van der Waals surface area contributed by atoms with Crippen LogP contribution in [0.5, 0.6) is 17.2 Å². The van der Waals surface area contributed by atoms with Gasteiger partial charge < -0.3 is 29.7 Å². The van der Waals surface area contributed by atoms with Gasteiger partial charge in [-0.3, -0.25) is 0 Å². The zero-order chi connectivity index (χ0) is 15.2. The van der Waals surface area contributed by atoms with E-state index in [1.54, 1.807) is 38.4 Å². The fourth-order valence-electron chi connectivity index (χ4n) is 2.22. The number of anilines is 1. The van der Waals surface area contributed by atoms with Gasteiger partial charge >= 0.3 is 6.03 Å². The number of carbonyl (C=O) groups excluding carboxylic acids is 1. The molecule has 116 valence electrons. The summed E-state index contributed by atoms with van der Waals surface area (Å²) in [5, 5.41) is 6.06. The van der Waals surface area contributed by atoms with Crippen molar-refractivity contribution in [3.8, 4) is 17.2 Å². The van der Waals surface area contributed by atoms with Gasteiger partial charge in [0.1, 0.15) is 0 Å². The summed E-state index contributed by atoms with van der Waals surface area (Å²) in [6.45, 7) is 3.00. The highest BCUT2D eigenvalue weighted by atomic mass is 16.5. The molecule has 1 aliphatic rings. The van der Waals surface area contributed by atoms with Crippen molar-refractivity contribution in [1.29, 1.82) is 0 Å². The van der Waals surface area contributed by atoms with Crippen LogP contribution in [-0.4, -0.2) is 58.4 Å². The summed E-state index contributed by atoms with van der Waals surface area (Å²) in [7, 11) is 4.62. The van der Waals surface area contributed by atoms with Crippen LogP contribution in [0.3, 0.4) is 0 Å². The number of hydrogen-bond acceptors (Lipinski definition) is 5. The van der Waals surface area contributed by atoms with Crippen molar-refractivity contribution >= 4 is 11.7 Å². The molecular formula is C14H21N3O4. The van der Waals surface area contributed by atoms with E-state index in [1.165, 1.54) is 0 Å². The van der Waals surface area contributed by atoms with Gasteiger partial charge in [-0.05, 0) is 0 Å². The quantitative estimate of drug-likeness (QED) is 0.872. The number of rotatable bonds is 4. The van der Waals surface area contributed by atoms with Crippen LogP contribution >= 0.6 is 0 Å². The fourth-order valence-corrected chi connectivity index (χ4v) is 2.22. The smallest absolute Gasteiger partial charge is 0.321 e. The second kappa shape index (κ2) is 7.03. The topological polar surface area (TPSA) is 72.1 Å². The number of hydrogen-bond donors (Lipinski definition) is 2. The van der Waals surface area contributed by atoms with E-state index in [4.69, 9.17) is 14.2 Å². The lowest BCUT2D eigenvalue weighted by Gasteiger charge is -2.27. The second-order valence-corrected chi connectivity index (χ2v) is 4.58. The van der Waals surface area contributed by atoms with Gasteiger partial charge in [0.2, 0.25) is 5.75 Å². The average Bonchev–Trinajstić information content (AvgIpc) is 2.54. The predicted molar refractivity (Wildman–Crippen MR) is 79.6 cm³/mol. The molecule has 0 atom stereocenters. The summed E-state index contributed by atoms with van der Waals surface area (Å²) in [5.41, 5.74) is 0.605. The molecule has 2 amide bonds. The predicted octanol–water partition coefficient (Wildman–Crippen LogP) is 1.15. The number of nitrogens with one attached hydrogen (secondary N) is 2. The number of nitrogens with zero attached hydrogens (tertiary/aromatic N) is 1. The molecule has 2 rings (SSSR count). The molecule has 1 aliphatic heterocycles. The summed E-state index contributed by atoms with van der Waals surface area (Å²) >= 11 is 0. The van der Waals surface area contributed by atoms with E-state index >= 15 is 0 Å². The number of piperazine rings is 1. The van der Waals surface area contributed by atoms with E-state index in [0.29, 0.717) is 36.0 Å². The van der Waals surface area contributed by atoms with Gasteiger partial charge in [-0.1, -0.05) is 0 Å². The fraction of sp³-hybridized carbons (Fsp3) is 0.500. The molecule has 1 aromatic rings. The molecule has 0 radical (unpaired) electrons. The molecule has 1 fully saturated rings. The Labute approximate surface area is 124 Å². The van der Waals surface area contributed by atoms with Crippen molar-refractivity contribution in [2.45, 2.75) is 0 Å². The highest BCUT2D eigenvalue weighted by molar-refractivity contribution is 5.90. The number of ether oxygens (including phenoxy) is 3. The molecule has 0 saturated carbocycles. The van der Waals surface area contributed by atoms with E-state index in [9.17, 15) is 4.79 Å². The largest absolute Gasteiger partial charge is 0.493 e. The minimum atomic E-state index is -0.134. The van der Waals surface area contributed by atoms with Crippen LogP contribution in [0.4, 0.5) is 10.5 Å². The van der Waals surface area contributed by atoms with Gasteiger partial charge in [-0.25, -0.2) is 4.79 Å². The lowest BCUT2D eigenvalue weighted by Crippen LogP contribution is -2.48. The lowest BCUT2D eigenvalue weighted by molar-refractivity contribution is 0.204. The van der Waals surface area contributed by atoms with Crippen molar-refractivity contribution < 1.29 is 19.0 Å². The molecule has 0 bridgehead atoms. The Morgan fingerprint density at radius 2 is 1.67 bits per heavy atom. The highest BCUT2D eigenvalue weighted by Crippen LogP contribution is 2.39. The van der Waals surface area contributed by atoms with Crippen LogP contribution in [-0.2, 0) is 0 Å². The second-order valence-electron chi connectivity index (χ2n) is 4.58. The maximum atomic E-state index is 12.2. The normalized spacial score (nSPS) is 14.5. The summed E-state index contributed by atoms with van der Waals surface area (Å²) in [6, 6.07) is 3.29. The maximum Gasteiger partial charge on any atom is 0.321 e. The molecule has 0 unspecified atom stereocenters. The first-order chi connectivity index (χ1) is 10.2. The standard InChI is InChI=1S/C14H21N3O4/c1-19-11-8-10(9-12(20-2)13(11)21-3)16-14(18)17-6-4-15-5-7-17/h8-9,15H,4-7H2,1-3H3,(H,16,18). The molecule has 0 aromatic heterocycles. The number of methoxy groups -OCH3 is 3. The van der Waals surface area contributed by atoms with Crippen LogP contribution in [0.15, 0.2) is 12.1 Å².